The molecule has 2 aliphatic rings. The van der Waals surface area contributed by atoms with Gasteiger partial charge in [0.25, 0.3) is 0 Å². The van der Waals surface area contributed by atoms with Gasteiger partial charge in [0.1, 0.15) is 0 Å². The zero-order chi connectivity index (χ0) is 13.1. The summed E-state index contributed by atoms with van der Waals surface area (Å²) in [5.41, 5.74) is 2.53. The van der Waals surface area contributed by atoms with E-state index in [-0.39, 0.29) is 5.60 Å². The first kappa shape index (κ1) is 13.1. The van der Waals surface area contributed by atoms with Crippen LogP contribution in [0.2, 0.25) is 0 Å². The summed E-state index contributed by atoms with van der Waals surface area (Å²) < 4.78 is 0. The van der Waals surface area contributed by atoms with Crippen LogP contribution in [0.1, 0.15) is 43.2 Å². The van der Waals surface area contributed by atoms with E-state index in [1.807, 2.05) is 0 Å². The molecule has 1 heterocycles. The highest BCUT2D eigenvalue weighted by molar-refractivity contribution is 5.23. The molecule has 1 aliphatic heterocycles. The zero-order valence-electron chi connectivity index (χ0n) is 11.7. The van der Waals surface area contributed by atoms with E-state index in [0.717, 1.165) is 31.6 Å². The van der Waals surface area contributed by atoms with Crippen LogP contribution in [-0.2, 0) is 12.8 Å². The number of nitrogens with one attached hydrogen (secondary N) is 1. The second-order valence-electron chi connectivity index (χ2n) is 6.44. The normalized spacial score (nSPS) is 22.4. The van der Waals surface area contributed by atoms with Crippen LogP contribution in [0.25, 0.3) is 0 Å². The third-order valence-electron chi connectivity index (χ3n) is 4.71. The highest BCUT2D eigenvalue weighted by atomic mass is 16.3. The zero-order valence-corrected chi connectivity index (χ0v) is 11.7. The van der Waals surface area contributed by atoms with Crippen molar-refractivity contribution < 1.29 is 5.11 Å². The van der Waals surface area contributed by atoms with Crippen LogP contribution in [-0.4, -0.2) is 23.8 Å². The average molecular weight is 259 g/mol. The lowest BCUT2D eigenvalue weighted by atomic mass is 9.90. The summed E-state index contributed by atoms with van der Waals surface area (Å²) in [6.45, 7) is 2.36. The SMILES string of the molecule is OC1(CCc2ccc(CC3CCNCC3)cc2)CC1. The Kier molecular flexibility index (Phi) is 3.90. The van der Waals surface area contributed by atoms with E-state index in [0.29, 0.717) is 0 Å². The molecule has 1 aromatic carbocycles. The molecule has 0 radical (unpaired) electrons. The van der Waals surface area contributed by atoms with E-state index in [1.165, 1.54) is 43.5 Å². The molecule has 0 atom stereocenters. The van der Waals surface area contributed by atoms with Crippen molar-refractivity contribution in [3.63, 3.8) is 0 Å². The molecule has 0 spiro atoms. The highest BCUT2D eigenvalue weighted by Crippen LogP contribution is 2.39. The summed E-state index contributed by atoms with van der Waals surface area (Å²) in [5, 5.41) is 13.3. The largest absolute Gasteiger partial charge is 0.390 e. The van der Waals surface area contributed by atoms with Gasteiger partial charge in [0, 0.05) is 0 Å². The Hall–Kier alpha value is -0.860. The molecule has 2 heteroatoms. The highest BCUT2D eigenvalue weighted by Gasteiger charge is 2.39. The maximum Gasteiger partial charge on any atom is 0.0653 e. The van der Waals surface area contributed by atoms with Crippen molar-refractivity contribution in [3.05, 3.63) is 35.4 Å². The maximum absolute atomic E-state index is 9.86. The van der Waals surface area contributed by atoms with Gasteiger partial charge in [-0.05, 0) is 75.1 Å². The van der Waals surface area contributed by atoms with Crippen molar-refractivity contribution >= 4 is 0 Å². The van der Waals surface area contributed by atoms with E-state index >= 15 is 0 Å². The Bertz CT molecular complexity index is 402. The Morgan fingerprint density at radius 3 is 2.32 bits per heavy atom. The Balaban J connectivity index is 1.50. The molecule has 0 aromatic heterocycles. The fourth-order valence-corrected chi connectivity index (χ4v) is 3.03. The van der Waals surface area contributed by atoms with Crippen molar-refractivity contribution in [3.8, 4) is 0 Å². The summed E-state index contributed by atoms with van der Waals surface area (Å²) in [4.78, 5) is 0. The molecule has 0 amide bonds. The van der Waals surface area contributed by atoms with Crippen molar-refractivity contribution in [2.24, 2.45) is 5.92 Å². The van der Waals surface area contributed by atoms with Gasteiger partial charge in [0.15, 0.2) is 0 Å². The quantitative estimate of drug-likeness (QED) is 0.852. The van der Waals surface area contributed by atoms with Crippen molar-refractivity contribution in [2.75, 3.05) is 13.1 Å². The first-order chi connectivity index (χ1) is 9.23. The fourth-order valence-electron chi connectivity index (χ4n) is 3.03. The molecule has 1 saturated heterocycles. The molecule has 1 aliphatic carbocycles. The monoisotopic (exact) mass is 259 g/mol. The van der Waals surface area contributed by atoms with Crippen LogP contribution in [0.3, 0.4) is 0 Å². The minimum absolute atomic E-state index is 0.312. The molecule has 0 bridgehead atoms. The molecule has 1 aromatic rings. The molecule has 3 rings (SSSR count). The Labute approximate surface area is 116 Å². The minimum atomic E-state index is -0.312. The predicted octanol–water partition coefficient (Wildman–Crippen LogP) is 2.69. The molecule has 2 N–H and O–H groups in total. The summed E-state index contributed by atoms with van der Waals surface area (Å²) >= 11 is 0. The Morgan fingerprint density at radius 2 is 1.68 bits per heavy atom. The first-order valence-corrected chi connectivity index (χ1v) is 7.74. The van der Waals surface area contributed by atoms with E-state index < -0.39 is 0 Å². The molecule has 2 nitrogen and oxygen atoms in total. The third kappa shape index (κ3) is 3.80. The van der Waals surface area contributed by atoms with Crippen molar-refractivity contribution in [1.82, 2.24) is 5.32 Å². The van der Waals surface area contributed by atoms with E-state index in [4.69, 9.17) is 0 Å². The van der Waals surface area contributed by atoms with Crippen LogP contribution < -0.4 is 5.32 Å². The summed E-state index contributed by atoms with van der Waals surface area (Å²) in [6, 6.07) is 9.08. The molecule has 1 saturated carbocycles. The van der Waals surface area contributed by atoms with Crippen molar-refractivity contribution in [2.45, 2.75) is 50.5 Å². The van der Waals surface area contributed by atoms with Gasteiger partial charge in [-0.3, -0.25) is 0 Å². The maximum atomic E-state index is 9.86. The number of benzene rings is 1. The molecule has 0 unspecified atom stereocenters. The Morgan fingerprint density at radius 1 is 1.05 bits per heavy atom. The lowest BCUT2D eigenvalue weighted by molar-refractivity contribution is 0.140. The number of rotatable bonds is 5. The molecule has 104 valence electrons. The first-order valence-electron chi connectivity index (χ1n) is 7.74. The summed E-state index contributed by atoms with van der Waals surface area (Å²) in [5.74, 6) is 0.860. The number of aryl methyl sites for hydroxylation is 1. The summed E-state index contributed by atoms with van der Waals surface area (Å²) in [6.07, 6.45) is 7.81. The van der Waals surface area contributed by atoms with Gasteiger partial charge in [-0.25, -0.2) is 0 Å². The summed E-state index contributed by atoms with van der Waals surface area (Å²) in [7, 11) is 0. The number of hydrogen-bond acceptors (Lipinski definition) is 2. The van der Waals surface area contributed by atoms with E-state index in [1.54, 1.807) is 0 Å². The second-order valence-corrected chi connectivity index (χ2v) is 6.44. The number of hydrogen-bond donors (Lipinski definition) is 2. The van der Waals surface area contributed by atoms with Gasteiger partial charge < -0.3 is 10.4 Å². The lowest BCUT2D eigenvalue weighted by Gasteiger charge is -2.22. The van der Waals surface area contributed by atoms with Gasteiger partial charge in [-0.15, -0.1) is 0 Å². The predicted molar refractivity (Wildman–Crippen MR) is 78.2 cm³/mol. The van der Waals surface area contributed by atoms with Crippen LogP contribution in [0.15, 0.2) is 24.3 Å². The molecule has 19 heavy (non-hydrogen) atoms. The van der Waals surface area contributed by atoms with Crippen molar-refractivity contribution in [1.29, 1.82) is 0 Å². The fraction of sp³-hybridized carbons (Fsp3) is 0.647. The second kappa shape index (κ2) is 5.64. The van der Waals surface area contributed by atoms with Gasteiger partial charge in [0.2, 0.25) is 0 Å². The van der Waals surface area contributed by atoms with Crippen LogP contribution in [0, 0.1) is 5.92 Å². The molecular formula is C17H25NO. The van der Waals surface area contributed by atoms with Gasteiger partial charge in [0.05, 0.1) is 5.60 Å². The van der Waals surface area contributed by atoms with E-state index in [2.05, 4.69) is 29.6 Å². The van der Waals surface area contributed by atoms with Gasteiger partial charge in [-0.1, -0.05) is 24.3 Å². The van der Waals surface area contributed by atoms with Gasteiger partial charge in [-0.2, -0.15) is 0 Å². The molecule has 2 fully saturated rings. The van der Waals surface area contributed by atoms with Gasteiger partial charge >= 0.3 is 0 Å². The molecular weight excluding hydrogens is 234 g/mol. The topological polar surface area (TPSA) is 32.3 Å². The van der Waals surface area contributed by atoms with Crippen LogP contribution in [0.4, 0.5) is 0 Å². The number of piperidine rings is 1. The lowest BCUT2D eigenvalue weighted by Crippen LogP contribution is -2.28. The minimum Gasteiger partial charge on any atom is -0.390 e. The number of aliphatic hydroxyl groups is 1. The average Bonchev–Trinajstić information content (AvgIpc) is 3.18. The standard InChI is InChI=1S/C17H25NO/c19-17(9-10-17)8-5-14-1-3-15(4-2-14)13-16-6-11-18-12-7-16/h1-4,16,18-19H,5-13H2. The van der Waals surface area contributed by atoms with E-state index in [9.17, 15) is 5.11 Å². The van der Waals surface area contributed by atoms with Crippen LogP contribution >= 0.6 is 0 Å². The third-order valence-corrected chi connectivity index (χ3v) is 4.71. The smallest absolute Gasteiger partial charge is 0.0653 e. The van der Waals surface area contributed by atoms with Crippen LogP contribution in [0.5, 0.6) is 0 Å².